The summed E-state index contributed by atoms with van der Waals surface area (Å²) in [7, 11) is 0. The molecule has 28 heavy (non-hydrogen) atoms. The van der Waals surface area contributed by atoms with Crippen LogP contribution in [0.4, 0.5) is 0 Å². The van der Waals surface area contributed by atoms with Gasteiger partial charge in [0.05, 0.1) is 0 Å². The molecule has 0 aromatic rings. The average molecular weight is 387 g/mol. The maximum Gasteiger partial charge on any atom is 0.161 e. The number of ketones is 1. The number of aldehydes is 1. The Morgan fingerprint density at radius 1 is 1.11 bits per heavy atom. The van der Waals surface area contributed by atoms with Crippen LogP contribution in [0.5, 0.6) is 0 Å². The largest absolute Gasteiger partial charge is 0.303 e. The van der Waals surface area contributed by atoms with Gasteiger partial charge in [-0.1, -0.05) is 53.0 Å². The first-order valence-electron chi connectivity index (χ1n) is 12.0. The zero-order valence-electron chi connectivity index (χ0n) is 18.7. The first kappa shape index (κ1) is 21.8. The minimum atomic E-state index is -0.251. The van der Waals surface area contributed by atoms with Gasteiger partial charge in [-0.15, -0.1) is 0 Å². The standard InChI is InChI=1S/C26H42O2/c1-19(2)9-5-6-10-20-12-13-22-21(15-18-27)23(14-17-25(20,22)3)26(4)16-8-7-11-24(26)28/h7,11,18-23H,5-6,8-10,12-17H2,1-4H3/t20-,21?,22?,23?,25+,26+/m0/s1. The molecule has 0 saturated heterocycles. The topological polar surface area (TPSA) is 34.1 Å². The Labute approximate surface area is 172 Å². The van der Waals surface area contributed by atoms with Gasteiger partial charge in [-0.3, -0.25) is 4.79 Å². The Balaban J connectivity index is 1.74. The Morgan fingerprint density at radius 2 is 1.89 bits per heavy atom. The van der Waals surface area contributed by atoms with Crippen LogP contribution in [0.25, 0.3) is 0 Å². The lowest BCUT2D eigenvalue weighted by Gasteiger charge is -2.53. The van der Waals surface area contributed by atoms with E-state index in [4.69, 9.17) is 0 Å². The lowest BCUT2D eigenvalue weighted by Crippen LogP contribution is -2.49. The summed E-state index contributed by atoms with van der Waals surface area (Å²) in [5, 5.41) is 0. The number of hydrogen-bond donors (Lipinski definition) is 0. The molecule has 0 aromatic carbocycles. The van der Waals surface area contributed by atoms with Crippen LogP contribution in [0.15, 0.2) is 12.2 Å². The molecule has 0 heterocycles. The summed E-state index contributed by atoms with van der Waals surface area (Å²) in [6.45, 7) is 9.36. The fourth-order valence-corrected chi connectivity index (χ4v) is 7.30. The molecular formula is C26H42O2. The zero-order chi connectivity index (χ0) is 20.4. The molecule has 0 amide bonds. The summed E-state index contributed by atoms with van der Waals surface area (Å²) in [5.41, 5.74) is 0.130. The molecule has 158 valence electrons. The van der Waals surface area contributed by atoms with Crippen LogP contribution in [-0.2, 0) is 9.59 Å². The van der Waals surface area contributed by atoms with E-state index in [2.05, 4.69) is 27.7 Å². The van der Waals surface area contributed by atoms with Crippen molar-refractivity contribution in [1.82, 2.24) is 0 Å². The predicted octanol–water partition coefficient (Wildman–Crippen LogP) is 6.78. The Hall–Kier alpha value is -0.920. The normalized spacial score (nSPS) is 40.7. The van der Waals surface area contributed by atoms with Crippen LogP contribution >= 0.6 is 0 Å². The first-order chi connectivity index (χ1) is 13.3. The van der Waals surface area contributed by atoms with Gasteiger partial charge in [0.25, 0.3) is 0 Å². The maximum atomic E-state index is 12.9. The summed E-state index contributed by atoms with van der Waals surface area (Å²) >= 11 is 0. The van der Waals surface area contributed by atoms with Gasteiger partial charge in [-0.2, -0.15) is 0 Å². The van der Waals surface area contributed by atoms with Crippen molar-refractivity contribution in [2.24, 2.45) is 40.4 Å². The Bertz CT molecular complexity index is 591. The fourth-order valence-electron chi connectivity index (χ4n) is 7.30. The van der Waals surface area contributed by atoms with Crippen molar-refractivity contribution in [2.45, 2.75) is 98.3 Å². The maximum absolute atomic E-state index is 12.9. The van der Waals surface area contributed by atoms with Crippen molar-refractivity contribution in [3.05, 3.63) is 12.2 Å². The molecule has 0 N–H and O–H groups in total. The highest BCUT2D eigenvalue weighted by Gasteiger charge is 2.57. The summed E-state index contributed by atoms with van der Waals surface area (Å²) < 4.78 is 0. The van der Waals surface area contributed by atoms with E-state index in [0.717, 1.165) is 37.4 Å². The SMILES string of the molecule is CC(C)CCCC[C@H]1CCC2C(CC=O)C([C@@]3(C)CCC=CC3=O)CC[C@@]21C. The minimum Gasteiger partial charge on any atom is -0.303 e. The van der Waals surface area contributed by atoms with E-state index in [1.54, 1.807) is 0 Å². The molecule has 3 aliphatic rings. The van der Waals surface area contributed by atoms with Gasteiger partial charge in [-0.25, -0.2) is 0 Å². The molecule has 0 aliphatic heterocycles. The lowest BCUT2D eigenvalue weighted by molar-refractivity contribution is -0.135. The zero-order valence-corrected chi connectivity index (χ0v) is 18.7. The van der Waals surface area contributed by atoms with Crippen molar-refractivity contribution < 1.29 is 9.59 Å². The molecule has 6 atom stereocenters. The van der Waals surface area contributed by atoms with Crippen LogP contribution < -0.4 is 0 Å². The third kappa shape index (κ3) is 4.03. The number of rotatable bonds is 8. The third-order valence-electron chi connectivity index (χ3n) is 9.07. The Kier molecular flexibility index (Phi) is 6.88. The van der Waals surface area contributed by atoms with E-state index in [1.807, 2.05) is 12.2 Å². The number of carbonyl (C=O) groups is 2. The fraction of sp³-hybridized carbons (Fsp3) is 0.846. The van der Waals surface area contributed by atoms with Crippen molar-refractivity contribution >= 4 is 12.1 Å². The number of hydrogen-bond acceptors (Lipinski definition) is 2. The van der Waals surface area contributed by atoms with Crippen LogP contribution in [0, 0.1) is 40.4 Å². The molecule has 3 aliphatic carbocycles. The monoisotopic (exact) mass is 386 g/mol. The molecule has 0 aromatic heterocycles. The van der Waals surface area contributed by atoms with Crippen molar-refractivity contribution in [3.63, 3.8) is 0 Å². The summed E-state index contributed by atoms with van der Waals surface area (Å²) in [6, 6.07) is 0. The van der Waals surface area contributed by atoms with E-state index >= 15 is 0 Å². The van der Waals surface area contributed by atoms with Gasteiger partial charge in [0, 0.05) is 11.8 Å². The summed E-state index contributed by atoms with van der Waals surface area (Å²) in [6.07, 6.45) is 18.0. The average Bonchev–Trinajstić information content (AvgIpc) is 2.98. The number of carbonyl (C=O) groups excluding carboxylic acids is 2. The van der Waals surface area contributed by atoms with Crippen molar-refractivity contribution in [3.8, 4) is 0 Å². The van der Waals surface area contributed by atoms with Crippen LogP contribution in [0.3, 0.4) is 0 Å². The molecule has 0 radical (unpaired) electrons. The van der Waals surface area contributed by atoms with E-state index < -0.39 is 0 Å². The van der Waals surface area contributed by atoms with Crippen LogP contribution in [-0.4, -0.2) is 12.1 Å². The van der Waals surface area contributed by atoms with Gasteiger partial charge in [0.2, 0.25) is 0 Å². The smallest absolute Gasteiger partial charge is 0.161 e. The molecule has 2 nitrogen and oxygen atoms in total. The van der Waals surface area contributed by atoms with Gasteiger partial charge in [0.1, 0.15) is 6.29 Å². The molecule has 2 saturated carbocycles. The van der Waals surface area contributed by atoms with Gasteiger partial charge < -0.3 is 4.79 Å². The van der Waals surface area contributed by atoms with Gasteiger partial charge in [0.15, 0.2) is 5.78 Å². The highest BCUT2D eigenvalue weighted by molar-refractivity contribution is 5.95. The lowest BCUT2D eigenvalue weighted by atomic mass is 9.50. The molecule has 0 bridgehead atoms. The first-order valence-corrected chi connectivity index (χ1v) is 12.0. The van der Waals surface area contributed by atoms with E-state index in [-0.39, 0.29) is 5.41 Å². The van der Waals surface area contributed by atoms with Gasteiger partial charge in [-0.05, 0) is 86.0 Å². The highest BCUT2D eigenvalue weighted by Crippen LogP contribution is 2.63. The molecule has 3 unspecified atom stereocenters. The molecular weight excluding hydrogens is 344 g/mol. The number of fused-ring (bicyclic) bond motifs is 1. The van der Waals surface area contributed by atoms with E-state index in [9.17, 15) is 9.59 Å². The van der Waals surface area contributed by atoms with E-state index in [0.29, 0.717) is 35.4 Å². The molecule has 2 fully saturated rings. The summed E-state index contributed by atoms with van der Waals surface area (Å²) in [5.74, 6) is 3.34. The third-order valence-corrected chi connectivity index (χ3v) is 9.07. The Morgan fingerprint density at radius 3 is 2.57 bits per heavy atom. The molecule has 3 rings (SSSR count). The molecule has 2 heteroatoms. The number of unbranched alkanes of at least 4 members (excludes halogenated alkanes) is 1. The summed E-state index contributed by atoms with van der Waals surface area (Å²) in [4.78, 5) is 24.5. The predicted molar refractivity (Wildman–Crippen MR) is 116 cm³/mol. The second kappa shape index (κ2) is 8.84. The quantitative estimate of drug-likeness (QED) is 0.340. The molecule has 0 spiro atoms. The minimum absolute atomic E-state index is 0.251. The van der Waals surface area contributed by atoms with Gasteiger partial charge >= 0.3 is 0 Å². The van der Waals surface area contributed by atoms with Crippen LogP contribution in [0.1, 0.15) is 98.3 Å². The second-order valence-corrected chi connectivity index (χ2v) is 11.0. The van der Waals surface area contributed by atoms with E-state index in [1.165, 1.54) is 44.9 Å². The van der Waals surface area contributed by atoms with Crippen molar-refractivity contribution in [1.29, 1.82) is 0 Å². The highest BCUT2D eigenvalue weighted by atomic mass is 16.1. The number of allylic oxidation sites excluding steroid dienone is 2. The second-order valence-electron chi connectivity index (χ2n) is 11.0. The van der Waals surface area contributed by atoms with Crippen molar-refractivity contribution in [2.75, 3.05) is 0 Å². The van der Waals surface area contributed by atoms with Crippen LogP contribution in [0.2, 0.25) is 0 Å².